The third kappa shape index (κ3) is 5.39. The number of benzene rings is 1. The van der Waals surface area contributed by atoms with Crippen molar-refractivity contribution in [3.63, 3.8) is 0 Å². The molecule has 0 aliphatic rings. The van der Waals surface area contributed by atoms with Crippen LogP contribution in [0.1, 0.15) is 25.7 Å². The molecular weight excluding hydrogens is 206 g/mol. The van der Waals surface area contributed by atoms with Gasteiger partial charge in [0.2, 0.25) is 0 Å². The molecule has 0 atom stereocenters. The third-order valence-electron chi connectivity index (χ3n) is 2.79. The summed E-state index contributed by atoms with van der Waals surface area (Å²) in [7, 11) is 0. The Labute approximate surface area is 105 Å². The van der Waals surface area contributed by atoms with Crippen LogP contribution in [0, 0.1) is 0 Å². The van der Waals surface area contributed by atoms with Crippen molar-refractivity contribution in [3.05, 3.63) is 55.6 Å². The molecule has 1 rings (SSSR count). The number of hydrogen-bond donors (Lipinski definition) is 0. The summed E-state index contributed by atoms with van der Waals surface area (Å²) in [6.45, 7) is 9.76. The van der Waals surface area contributed by atoms with Gasteiger partial charge in [-0.2, -0.15) is 0 Å². The van der Waals surface area contributed by atoms with E-state index in [4.69, 9.17) is 0 Å². The van der Waals surface area contributed by atoms with E-state index in [-0.39, 0.29) is 0 Å². The third-order valence-corrected chi connectivity index (χ3v) is 2.79. The van der Waals surface area contributed by atoms with Crippen molar-refractivity contribution in [1.82, 2.24) is 0 Å². The van der Waals surface area contributed by atoms with Crippen LogP contribution in [0.3, 0.4) is 0 Å². The van der Waals surface area contributed by atoms with E-state index in [2.05, 4.69) is 48.4 Å². The Morgan fingerprint density at radius 3 is 1.88 bits per heavy atom. The number of para-hydroxylation sites is 1. The fraction of sp³-hybridized carbons (Fsp3) is 0.375. The molecule has 1 heteroatoms. The van der Waals surface area contributed by atoms with Gasteiger partial charge in [-0.05, 0) is 37.8 Å². The van der Waals surface area contributed by atoms with Crippen molar-refractivity contribution in [2.75, 3.05) is 18.0 Å². The van der Waals surface area contributed by atoms with E-state index in [1.165, 1.54) is 18.5 Å². The Morgan fingerprint density at radius 2 is 1.41 bits per heavy atom. The Balaban J connectivity index is 2.51. The molecule has 0 saturated carbocycles. The van der Waals surface area contributed by atoms with Gasteiger partial charge in [0.1, 0.15) is 0 Å². The van der Waals surface area contributed by atoms with E-state index in [1.54, 1.807) is 0 Å². The highest BCUT2D eigenvalue weighted by atomic mass is 15.1. The van der Waals surface area contributed by atoms with E-state index in [1.807, 2.05) is 12.2 Å². The Morgan fingerprint density at radius 1 is 0.882 bits per heavy atom. The molecule has 92 valence electrons. The van der Waals surface area contributed by atoms with Crippen molar-refractivity contribution < 1.29 is 0 Å². The van der Waals surface area contributed by atoms with Crippen molar-refractivity contribution in [3.8, 4) is 0 Å². The predicted molar refractivity (Wildman–Crippen MR) is 77.5 cm³/mol. The second kappa shape index (κ2) is 8.63. The second-order valence-electron chi connectivity index (χ2n) is 4.18. The SMILES string of the molecule is C=CCCCN(CCCC=C)c1ccccc1. The minimum absolute atomic E-state index is 1.09. The van der Waals surface area contributed by atoms with Crippen molar-refractivity contribution in [2.24, 2.45) is 0 Å². The van der Waals surface area contributed by atoms with E-state index in [9.17, 15) is 0 Å². The maximum atomic E-state index is 3.77. The number of anilines is 1. The van der Waals surface area contributed by atoms with Gasteiger partial charge in [-0.25, -0.2) is 0 Å². The highest BCUT2D eigenvalue weighted by Crippen LogP contribution is 2.15. The maximum Gasteiger partial charge on any atom is 0.0366 e. The molecule has 0 unspecified atom stereocenters. The summed E-state index contributed by atoms with van der Waals surface area (Å²) in [5.74, 6) is 0. The molecule has 1 nitrogen and oxygen atoms in total. The Bertz CT molecular complexity index is 302. The van der Waals surface area contributed by atoms with Gasteiger partial charge >= 0.3 is 0 Å². The van der Waals surface area contributed by atoms with Gasteiger partial charge in [-0.1, -0.05) is 30.4 Å². The monoisotopic (exact) mass is 229 g/mol. The van der Waals surface area contributed by atoms with Crippen LogP contribution in [-0.4, -0.2) is 13.1 Å². The van der Waals surface area contributed by atoms with E-state index in [0.29, 0.717) is 0 Å². The number of allylic oxidation sites excluding steroid dienone is 2. The molecular formula is C16H23N. The van der Waals surface area contributed by atoms with Crippen LogP contribution in [0.15, 0.2) is 55.6 Å². The summed E-state index contributed by atoms with van der Waals surface area (Å²) in [5, 5.41) is 0. The van der Waals surface area contributed by atoms with Crippen LogP contribution in [0.2, 0.25) is 0 Å². The first kappa shape index (κ1) is 13.6. The summed E-state index contributed by atoms with van der Waals surface area (Å²) in [6.07, 6.45) is 8.51. The van der Waals surface area contributed by atoms with Crippen LogP contribution in [0.5, 0.6) is 0 Å². The Kier molecular flexibility index (Phi) is 6.89. The molecule has 17 heavy (non-hydrogen) atoms. The first-order chi connectivity index (χ1) is 8.38. The van der Waals surface area contributed by atoms with Crippen LogP contribution in [0.25, 0.3) is 0 Å². The predicted octanol–water partition coefficient (Wildman–Crippen LogP) is 4.43. The first-order valence-corrected chi connectivity index (χ1v) is 6.40. The second-order valence-corrected chi connectivity index (χ2v) is 4.18. The van der Waals surface area contributed by atoms with Gasteiger partial charge in [-0.3, -0.25) is 0 Å². The average molecular weight is 229 g/mol. The minimum atomic E-state index is 1.09. The topological polar surface area (TPSA) is 3.24 Å². The molecule has 1 aromatic carbocycles. The number of hydrogen-bond acceptors (Lipinski definition) is 1. The molecule has 0 fully saturated rings. The van der Waals surface area contributed by atoms with Crippen LogP contribution in [-0.2, 0) is 0 Å². The Hall–Kier alpha value is -1.50. The maximum absolute atomic E-state index is 3.77. The standard InChI is InChI=1S/C16H23N/c1-3-5-10-14-17(15-11-6-4-2)16-12-8-7-9-13-16/h3-4,7-9,12-13H,1-2,5-6,10-11,14-15H2. The molecule has 0 aliphatic carbocycles. The fourth-order valence-corrected chi connectivity index (χ4v) is 1.86. The molecule has 0 aromatic heterocycles. The number of rotatable bonds is 9. The molecule has 0 radical (unpaired) electrons. The van der Waals surface area contributed by atoms with Gasteiger partial charge < -0.3 is 4.90 Å². The highest BCUT2D eigenvalue weighted by molar-refractivity contribution is 5.45. The average Bonchev–Trinajstić information content (AvgIpc) is 2.38. The molecule has 0 aliphatic heterocycles. The molecule has 1 aromatic rings. The van der Waals surface area contributed by atoms with E-state index in [0.717, 1.165) is 25.9 Å². The zero-order valence-corrected chi connectivity index (χ0v) is 10.6. The lowest BCUT2D eigenvalue weighted by atomic mass is 10.2. The zero-order valence-electron chi connectivity index (χ0n) is 10.6. The lowest BCUT2D eigenvalue weighted by molar-refractivity contribution is 0.704. The summed E-state index contributed by atoms with van der Waals surface area (Å²) in [5.41, 5.74) is 1.32. The number of nitrogens with zero attached hydrogens (tertiary/aromatic N) is 1. The smallest absolute Gasteiger partial charge is 0.0366 e. The fourth-order valence-electron chi connectivity index (χ4n) is 1.86. The zero-order chi connectivity index (χ0) is 12.3. The first-order valence-electron chi connectivity index (χ1n) is 6.40. The quantitative estimate of drug-likeness (QED) is 0.447. The number of unbranched alkanes of at least 4 members (excludes halogenated alkanes) is 2. The summed E-state index contributed by atoms with van der Waals surface area (Å²) in [6, 6.07) is 10.6. The van der Waals surface area contributed by atoms with Crippen molar-refractivity contribution in [2.45, 2.75) is 25.7 Å². The molecule has 0 heterocycles. The molecule has 0 spiro atoms. The van der Waals surface area contributed by atoms with E-state index >= 15 is 0 Å². The van der Waals surface area contributed by atoms with Gasteiger partial charge in [0.15, 0.2) is 0 Å². The van der Waals surface area contributed by atoms with Gasteiger partial charge in [0.05, 0.1) is 0 Å². The van der Waals surface area contributed by atoms with Gasteiger partial charge in [0.25, 0.3) is 0 Å². The van der Waals surface area contributed by atoms with Crippen LogP contribution in [0.4, 0.5) is 5.69 Å². The van der Waals surface area contributed by atoms with Crippen LogP contribution < -0.4 is 4.90 Å². The summed E-state index contributed by atoms with van der Waals surface area (Å²) < 4.78 is 0. The van der Waals surface area contributed by atoms with Crippen molar-refractivity contribution in [1.29, 1.82) is 0 Å². The lowest BCUT2D eigenvalue weighted by Crippen LogP contribution is -2.25. The summed E-state index contributed by atoms with van der Waals surface area (Å²) in [4.78, 5) is 2.45. The molecule has 0 bridgehead atoms. The summed E-state index contributed by atoms with van der Waals surface area (Å²) >= 11 is 0. The van der Waals surface area contributed by atoms with Gasteiger partial charge in [0, 0.05) is 18.8 Å². The largest absolute Gasteiger partial charge is 0.372 e. The normalized spacial score (nSPS) is 9.88. The van der Waals surface area contributed by atoms with E-state index < -0.39 is 0 Å². The molecule has 0 amide bonds. The molecule has 0 saturated heterocycles. The van der Waals surface area contributed by atoms with Crippen molar-refractivity contribution >= 4 is 5.69 Å². The lowest BCUT2D eigenvalue weighted by Gasteiger charge is -2.24. The highest BCUT2D eigenvalue weighted by Gasteiger charge is 2.04. The minimum Gasteiger partial charge on any atom is -0.372 e. The van der Waals surface area contributed by atoms with Crippen LogP contribution >= 0.6 is 0 Å². The van der Waals surface area contributed by atoms with Gasteiger partial charge in [-0.15, -0.1) is 13.2 Å². The molecule has 0 N–H and O–H groups in total.